The third-order valence-electron chi connectivity index (χ3n) is 4.41. The summed E-state index contributed by atoms with van der Waals surface area (Å²) in [5.41, 5.74) is 2.15. The Bertz CT molecular complexity index is 640. The Morgan fingerprint density at radius 3 is 2.78 bits per heavy atom. The molecule has 1 aromatic carbocycles. The fourth-order valence-electron chi connectivity index (χ4n) is 3.17. The molecule has 4 heteroatoms. The summed E-state index contributed by atoms with van der Waals surface area (Å²) in [5.74, 6) is 0.996. The Kier molecular flexibility index (Phi) is 4.91. The molecule has 3 rings (SSSR count). The van der Waals surface area contributed by atoms with E-state index in [0.29, 0.717) is 6.42 Å². The third kappa shape index (κ3) is 3.70. The lowest BCUT2D eigenvalue weighted by atomic mass is 9.95. The van der Waals surface area contributed by atoms with Gasteiger partial charge in [-0.2, -0.15) is 0 Å². The number of rotatable bonds is 4. The van der Waals surface area contributed by atoms with Crippen LogP contribution in [0, 0.1) is 0 Å². The Hall–Kier alpha value is -2.36. The summed E-state index contributed by atoms with van der Waals surface area (Å²) in [7, 11) is 1.65. The van der Waals surface area contributed by atoms with Crippen molar-refractivity contribution < 1.29 is 9.53 Å². The summed E-state index contributed by atoms with van der Waals surface area (Å²) in [6, 6.07) is 11.9. The molecule has 2 aromatic rings. The van der Waals surface area contributed by atoms with Crippen molar-refractivity contribution in [1.29, 1.82) is 0 Å². The van der Waals surface area contributed by atoms with Gasteiger partial charge in [-0.3, -0.25) is 9.78 Å². The first-order valence-electron chi connectivity index (χ1n) is 8.10. The molecule has 4 nitrogen and oxygen atoms in total. The molecular formula is C19H22N2O2. The van der Waals surface area contributed by atoms with Crippen LogP contribution in [0.15, 0.2) is 48.8 Å². The number of piperidine rings is 1. The van der Waals surface area contributed by atoms with Gasteiger partial charge in [0.2, 0.25) is 5.91 Å². The van der Waals surface area contributed by atoms with E-state index in [0.717, 1.165) is 42.7 Å². The Morgan fingerprint density at radius 2 is 2.09 bits per heavy atom. The number of amides is 1. The van der Waals surface area contributed by atoms with E-state index in [9.17, 15) is 4.79 Å². The molecule has 120 valence electrons. The van der Waals surface area contributed by atoms with Gasteiger partial charge in [0.05, 0.1) is 19.6 Å². The number of hydrogen-bond acceptors (Lipinski definition) is 3. The maximum atomic E-state index is 12.8. The summed E-state index contributed by atoms with van der Waals surface area (Å²) in [4.78, 5) is 19.0. The van der Waals surface area contributed by atoms with Gasteiger partial charge < -0.3 is 9.64 Å². The number of carbonyl (C=O) groups excluding carboxylic acids is 1. The summed E-state index contributed by atoms with van der Waals surface area (Å²) >= 11 is 0. The topological polar surface area (TPSA) is 42.4 Å². The van der Waals surface area contributed by atoms with Gasteiger partial charge in [-0.05, 0) is 48.6 Å². The normalized spacial score (nSPS) is 17.8. The van der Waals surface area contributed by atoms with Gasteiger partial charge in [0, 0.05) is 18.9 Å². The predicted molar refractivity (Wildman–Crippen MR) is 89.2 cm³/mol. The molecule has 0 aliphatic carbocycles. The van der Waals surface area contributed by atoms with Crippen LogP contribution >= 0.6 is 0 Å². The summed E-state index contributed by atoms with van der Waals surface area (Å²) in [6.07, 6.45) is 7.33. The number of ether oxygens (including phenoxy) is 1. The van der Waals surface area contributed by atoms with Crippen LogP contribution in [0.5, 0.6) is 5.75 Å². The highest BCUT2D eigenvalue weighted by molar-refractivity contribution is 5.79. The van der Waals surface area contributed by atoms with Gasteiger partial charge in [0.1, 0.15) is 5.75 Å². The van der Waals surface area contributed by atoms with Crippen molar-refractivity contribution >= 4 is 5.91 Å². The predicted octanol–water partition coefficient (Wildman–Crippen LogP) is 3.39. The zero-order chi connectivity index (χ0) is 16.1. The lowest BCUT2D eigenvalue weighted by Crippen LogP contribution is -2.39. The lowest BCUT2D eigenvalue weighted by Gasteiger charge is -2.36. The van der Waals surface area contributed by atoms with E-state index in [2.05, 4.69) is 11.1 Å². The summed E-state index contributed by atoms with van der Waals surface area (Å²) < 4.78 is 5.16. The number of benzene rings is 1. The van der Waals surface area contributed by atoms with Crippen molar-refractivity contribution in [2.75, 3.05) is 13.7 Å². The van der Waals surface area contributed by atoms with Crippen molar-refractivity contribution in [1.82, 2.24) is 9.88 Å². The minimum absolute atomic E-state index is 0.156. The molecule has 0 unspecified atom stereocenters. The van der Waals surface area contributed by atoms with Crippen molar-refractivity contribution in [3.05, 3.63) is 59.9 Å². The number of carbonyl (C=O) groups is 1. The average Bonchev–Trinajstić information content (AvgIpc) is 2.63. The first-order chi connectivity index (χ1) is 11.3. The quantitative estimate of drug-likeness (QED) is 0.869. The monoisotopic (exact) mass is 310 g/mol. The van der Waals surface area contributed by atoms with Gasteiger partial charge in [-0.25, -0.2) is 0 Å². The highest BCUT2D eigenvalue weighted by atomic mass is 16.5. The van der Waals surface area contributed by atoms with Crippen molar-refractivity contribution in [2.24, 2.45) is 0 Å². The van der Waals surface area contributed by atoms with E-state index < -0.39 is 0 Å². The molecule has 0 radical (unpaired) electrons. The maximum Gasteiger partial charge on any atom is 0.227 e. The highest BCUT2D eigenvalue weighted by Gasteiger charge is 2.27. The minimum Gasteiger partial charge on any atom is -0.497 e. The molecule has 23 heavy (non-hydrogen) atoms. The number of pyridine rings is 1. The average molecular weight is 310 g/mol. The maximum absolute atomic E-state index is 12.8. The van der Waals surface area contributed by atoms with E-state index in [-0.39, 0.29) is 11.9 Å². The Morgan fingerprint density at radius 1 is 1.26 bits per heavy atom. The van der Waals surface area contributed by atoms with Crippen LogP contribution in [0.3, 0.4) is 0 Å². The number of likely N-dealkylation sites (tertiary alicyclic amines) is 1. The van der Waals surface area contributed by atoms with E-state index in [1.807, 2.05) is 41.4 Å². The van der Waals surface area contributed by atoms with Crippen LogP contribution in [0.25, 0.3) is 0 Å². The zero-order valence-corrected chi connectivity index (χ0v) is 13.4. The molecule has 0 bridgehead atoms. The van der Waals surface area contributed by atoms with E-state index >= 15 is 0 Å². The molecule has 1 amide bonds. The van der Waals surface area contributed by atoms with Crippen LogP contribution < -0.4 is 4.74 Å². The van der Waals surface area contributed by atoms with Crippen LogP contribution in [-0.4, -0.2) is 29.4 Å². The summed E-state index contributed by atoms with van der Waals surface area (Å²) in [6.45, 7) is 0.828. The smallest absolute Gasteiger partial charge is 0.227 e. The van der Waals surface area contributed by atoms with Gasteiger partial charge in [-0.15, -0.1) is 0 Å². The van der Waals surface area contributed by atoms with Gasteiger partial charge in [-0.1, -0.05) is 18.2 Å². The fourth-order valence-corrected chi connectivity index (χ4v) is 3.17. The second-order valence-corrected chi connectivity index (χ2v) is 5.91. The molecule has 2 heterocycles. The van der Waals surface area contributed by atoms with E-state index in [1.165, 1.54) is 0 Å². The standard InChI is InChI=1S/C19H22N2O2/c1-23-17-9-7-15(8-10-17)13-19(22)21-12-3-2-6-18(21)16-5-4-11-20-14-16/h4-5,7-11,14,18H,2-3,6,12-13H2,1H3/t18-/m1/s1. The Balaban J connectivity index is 1.73. The molecule has 1 aliphatic heterocycles. The molecule has 1 saturated heterocycles. The first-order valence-corrected chi connectivity index (χ1v) is 8.10. The first kappa shape index (κ1) is 15.5. The highest BCUT2D eigenvalue weighted by Crippen LogP contribution is 2.31. The van der Waals surface area contributed by atoms with Crippen molar-refractivity contribution in [2.45, 2.75) is 31.7 Å². The van der Waals surface area contributed by atoms with E-state index in [4.69, 9.17) is 4.74 Å². The second-order valence-electron chi connectivity index (χ2n) is 5.91. The minimum atomic E-state index is 0.156. The molecule has 1 aromatic heterocycles. The van der Waals surface area contributed by atoms with Crippen molar-refractivity contribution in [3.63, 3.8) is 0 Å². The molecule has 1 atom stereocenters. The summed E-state index contributed by atoms with van der Waals surface area (Å²) in [5, 5.41) is 0. The van der Waals surface area contributed by atoms with Gasteiger partial charge in [0.25, 0.3) is 0 Å². The molecule has 0 spiro atoms. The van der Waals surface area contributed by atoms with Gasteiger partial charge >= 0.3 is 0 Å². The van der Waals surface area contributed by atoms with Gasteiger partial charge in [0.15, 0.2) is 0 Å². The third-order valence-corrected chi connectivity index (χ3v) is 4.41. The van der Waals surface area contributed by atoms with Crippen LogP contribution in [0.2, 0.25) is 0 Å². The van der Waals surface area contributed by atoms with E-state index in [1.54, 1.807) is 13.3 Å². The largest absolute Gasteiger partial charge is 0.497 e. The fraction of sp³-hybridized carbons (Fsp3) is 0.368. The molecule has 1 aliphatic rings. The second kappa shape index (κ2) is 7.27. The lowest BCUT2D eigenvalue weighted by molar-refractivity contribution is -0.134. The number of hydrogen-bond donors (Lipinski definition) is 0. The zero-order valence-electron chi connectivity index (χ0n) is 13.4. The molecule has 0 saturated carbocycles. The van der Waals surface area contributed by atoms with Crippen molar-refractivity contribution in [3.8, 4) is 5.75 Å². The van der Waals surface area contributed by atoms with Crippen LogP contribution in [0.4, 0.5) is 0 Å². The molecule has 0 N–H and O–H groups in total. The number of nitrogens with zero attached hydrogens (tertiary/aromatic N) is 2. The van der Waals surface area contributed by atoms with Crippen LogP contribution in [-0.2, 0) is 11.2 Å². The number of aromatic nitrogens is 1. The SMILES string of the molecule is COc1ccc(CC(=O)N2CCCC[C@@H]2c2cccnc2)cc1. The Labute approximate surface area is 137 Å². The molecular weight excluding hydrogens is 288 g/mol. The molecule has 1 fully saturated rings. The van der Waals surface area contributed by atoms with Crippen LogP contribution in [0.1, 0.15) is 36.4 Å². The number of methoxy groups -OCH3 is 1.